The van der Waals surface area contributed by atoms with Gasteiger partial charge in [-0.3, -0.25) is 4.98 Å². The topological polar surface area (TPSA) is 34.5 Å². The first-order valence-corrected chi connectivity index (χ1v) is 9.77. The van der Waals surface area contributed by atoms with Gasteiger partial charge in [-0.25, -0.2) is 9.38 Å². The second-order valence-electron chi connectivity index (χ2n) is 8.19. The van der Waals surface area contributed by atoms with Crippen molar-refractivity contribution in [3.63, 3.8) is 0 Å². The van der Waals surface area contributed by atoms with Gasteiger partial charge in [0.05, 0.1) is 11.1 Å². The van der Waals surface area contributed by atoms with Gasteiger partial charge < -0.3 is 4.74 Å². The molecule has 0 aliphatic carbocycles. The molecule has 1 aliphatic rings. The molecule has 0 saturated heterocycles. The molecule has 0 bridgehead atoms. The number of pyridine rings is 1. The molecule has 2 heterocycles. The summed E-state index contributed by atoms with van der Waals surface area (Å²) in [5, 5.41) is 0.748. The van der Waals surface area contributed by atoms with Crippen molar-refractivity contribution in [2.45, 2.75) is 51.2 Å². The van der Waals surface area contributed by atoms with Crippen LogP contribution in [-0.4, -0.2) is 22.0 Å². The fourth-order valence-corrected chi connectivity index (χ4v) is 4.08. The number of benzene rings is 2. The fraction of sp³-hybridized carbons (Fsp3) is 0.333. The summed E-state index contributed by atoms with van der Waals surface area (Å²) < 4.78 is 20.3. The maximum atomic E-state index is 14.0. The molecule has 4 heteroatoms. The quantitative estimate of drug-likeness (QED) is 0.584. The Bertz CT molecular complexity index is 1030. The first kappa shape index (κ1) is 18.6. The molecule has 0 radical (unpaired) electrons. The normalized spacial score (nSPS) is 24.6. The predicted octanol–water partition coefficient (Wildman–Crippen LogP) is 5.71. The number of aliphatic imine (C=N–C) groups is 1. The zero-order chi connectivity index (χ0) is 19.8. The van der Waals surface area contributed by atoms with Crippen LogP contribution in [0.2, 0.25) is 0 Å². The summed E-state index contributed by atoms with van der Waals surface area (Å²) in [6.07, 6.45) is 4.22. The van der Waals surface area contributed by atoms with Crippen LogP contribution < -0.4 is 0 Å². The average Bonchev–Trinajstić information content (AvgIpc) is 2.68. The molecule has 2 unspecified atom stereocenters. The monoisotopic (exact) mass is 376 g/mol. The van der Waals surface area contributed by atoms with Gasteiger partial charge in [0.2, 0.25) is 5.90 Å². The summed E-state index contributed by atoms with van der Waals surface area (Å²) in [5.74, 6) is 0.274. The van der Waals surface area contributed by atoms with Crippen LogP contribution >= 0.6 is 0 Å². The lowest BCUT2D eigenvalue weighted by molar-refractivity contribution is 0.0224. The van der Waals surface area contributed by atoms with E-state index in [0.717, 1.165) is 30.2 Å². The van der Waals surface area contributed by atoms with E-state index in [0.29, 0.717) is 11.4 Å². The van der Waals surface area contributed by atoms with Crippen LogP contribution in [0.5, 0.6) is 0 Å². The van der Waals surface area contributed by atoms with E-state index in [2.05, 4.69) is 50.0 Å². The molecule has 0 spiro atoms. The van der Waals surface area contributed by atoms with E-state index in [1.807, 2.05) is 18.2 Å². The van der Waals surface area contributed by atoms with Crippen LogP contribution in [0.4, 0.5) is 4.39 Å². The molecule has 2 aromatic carbocycles. The third-order valence-electron chi connectivity index (χ3n) is 5.55. The molecule has 3 aromatic rings. The number of hydrogen-bond acceptors (Lipinski definition) is 3. The zero-order valence-electron chi connectivity index (χ0n) is 16.6. The van der Waals surface area contributed by atoms with Gasteiger partial charge in [0.1, 0.15) is 16.9 Å². The van der Waals surface area contributed by atoms with E-state index in [1.54, 1.807) is 12.3 Å². The highest BCUT2D eigenvalue weighted by atomic mass is 19.1. The minimum Gasteiger partial charge on any atom is -0.471 e. The van der Waals surface area contributed by atoms with Gasteiger partial charge in [0.15, 0.2) is 0 Å². The zero-order valence-corrected chi connectivity index (χ0v) is 16.6. The number of aromatic nitrogens is 1. The third kappa shape index (κ3) is 3.64. The van der Waals surface area contributed by atoms with Crippen molar-refractivity contribution in [2.75, 3.05) is 0 Å². The van der Waals surface area contributed by atoms with Gasteiger partial charge in [0.25, 0.3) is 0 Å². The van der Waals surface area contributed by atoms with Crippen molar-refractivity contribution in [1.29, 1.82) is 0 Å². The molecule has 1 aromatic heterocycles. The highest BCUT2D eigenvalue weighted by Gasteiger charge is 2.41. The Kier molecular flexibility index (Phi) is 4.66. The molecule has 28 heavy (non-hydrogen) atoms. The molecule has 0 amide bonds. The molecule has 3 nitrogen and oxygen atoms in total. The van der Waals surface area contributed by atoms with E-state index < -0.39 is 0 Å². The second-order valence-corrected chi connectivity index (χ2v) is 8.19. The number of nitrogens with zero attached hydrogens (tertiary/aromatic N) is 2. The van der Waals surface area contributed by atoms with Crippen LogP contribution in [-0.2, 0) is 11.2 Å². The Morgan fingerprint density at radius 3 is 2.61 bits per heavy atom. The molecule has 4 rings (SSSR count). The van der Waals surface area contributed by atoms with Crippen LogP contribution in [0.15, 0.2) is 65.8 Å². The lowest BCUT2D eigenvalue weighted by atomic mass is 9.80. The summed E-state index contributed by atoms with van der Waals surface area (Å²) in [5.41, 5.74) is 1.82. The van der Waals surface area contributed by atoms with Crippen LogP contribution in [0.1, 0.15) is 44.7 Å². The maximum Gasteiger partial charge on any atom is 0.218 e. The highest BCUT2D eigenvalue weighted by Crippen LogP contribution is 2.38. The second kappa shape index (κ2) is 7.01. The molecule has 2 atom stereocenters. The van der Waals surface area contributed by atoms with E-state index in [4.69, 9.17) is 9.73 Å². The molecule has 0 saturated carbocycles. The Balaban J connectivity index is 1.76. The number of hydrogen-bond donors (Lipinski definition) is 0. The molecule has 1 aliphatic heterocycles. The van der Waals surface area contributed by atoms with Crippen LogP contribution in [0.25, 0.3) is 10.9 Å². The van der Waals surface area contributed by atoms with E-state index in [1.165, 1.54) is 11.6 Å². The third-order valence-corrected chi connectivity index (χ3v) is 5.55. The van der Waals surface area contributed by atoms with Gasteiger partial charge in [-0.15, -0.1) is 0 Å². The van der Waals surface area contributed by atoms with Gasteiger partial charge in [-0.05, 0) is 44.4 Å². The Labute approximate surface area is 165 Å². The fourth-order valence-electron chi connectivity index (χ4n) is 4.08. The largest absolute Gasteiger partial charge is 0.471 e. The predicted molar refractivity (Wildman–Crippen MR) is 111 cm³/mol. The number of halogens is 1. The molecule has 0 N–H and O–H groups in total. The van der Waals surface area contributed by atoms with E-state index >= 15 is 0 Å². The number of fused-ring (bicyclic) bond motifs is 1. The lowest BCUT2D eigenvalue weighted by Gasteiger charge is -2.42. The van der Waals surface area contributed by atoms with Crippen LogP contribution in [0.3, 0.4) is 0 Å². The smallest absolute Gasteiger partial charge is 0.218 e. The van der Waals surface area contributed by atoms with Gasteiger partial charge in [-0.1, -0.05) is 49.4 Å². The summed E-state index contributed by atoms with van der Waals surface area (Å²) in [6.45, 7) is 6.46. The first-order valence-electron chi connectivity index (χ1n) is 9.77. The first-order chi connectivity index (χ1) is 13.4. The van der Waals surface area contributed by atoms with E-state index in [9.17, 15) is 4.39 Å². The minimum atomic E-state index is -0.317. The Hall–Kier alpha value is -2.75. The number of para-hydroxylation sites is 1. The van der Waals surface area contributed by atoms with Crippen molar-refractivity contribution in [3.8, 4) is 0 Å². The molecular weight excluding hydrogens is 351 g/mol. The standard InChI is InChI=1S/C24H25FN2O/c1-4-24(3)16-23(2,14-17-9-6-5-7-10-17)27-22(28-24)19-13-18-11-8-12-20(25)21(18)26-15-19/h5-13,15H,4,14,16H2,1-3H3. The SMILES string of the molecule is CCC1(C)CC(C)(Cc2ccccc2)N=C(c2cnc3c(F)cccc3c2)O1. The van der Waals surface area contributed by atoms with Crippen molar-refractivity contribution in [1.82, 2.24) is 4.98 Å². The van der Waals surface area contributed by atoms with Crippen molar-refractivity contribution in [3.05, 3.63) is 77.7 Å². The summed E-state index contributed by atoms with van der Waals surface area (Å²) in [6, 6.07) is 17.3. The summed E-state index contributed by atoms with van der Waals surface area (Å²) >= 11 is 0. The summed E-state index contributed by atoms with van der Waals surface area (Å²) in [7, 11) is 0. The van der Waals surface area contributed by atoms with Crippen molar-refractivity contribution in [2.24, 2.45) is 4.99 Å². The number of ether oxygens (including phenoxy) is 1. The maximum absolute atomic E-state index is 14.0. The average molecular weight is 376 g/mol. The van der Waals surface area contributed by atoms with Gasteiger partial charge in [-0.2, -0.15) is 0 Å². The van der Waals surface area contributed by atoms with Gasteiger partial charge in [0, 0.05) is 18.0 Å². The minimum absolute atomic E-state index is 0.281. The highest BCUT2D eigenvalue weighted by molar-refractivity contribution is 5.98. The summed E-state index contributed by atoms with van der Waals surface area (Å²) in [4.78, 5) is 9.34. The molecular formula is C24H25FN2O. The molecule has 144 valence electrons. The van der Waals surface area contributed by atoms with Gasteiger partial charge >= 0.3 is 0 Å². The Morgan fingerprint density at radius 2 is 1.86 bits per heavy atom. The van der Waals surface area contributed by atoms with Crippen molar-refractivity contribution < 1.29 is 9.13 Å². The Morgan fingerprint density at radius 1 is 1.07 bits per heavy atom. The molecule has 0 fully saturated rings. The number of rotatable bonds is 4. The van der Waals surface area contributed by atoms with Crippen molar-refractivity contribution >= 4 is 16.8 Å². The van der Waals surface area contributed by atoms with E-state index in [-0.39, 0.29) is 17.0 Å². The van der Waals surface area contributed by atoms with Crippen LogP contribution in [0, 0.1) is 5.82 Å². The lowest BCUT2D eigenvalue weighted by Crippen LogP contribution is -2.46.